The Hall–Kier alpha value is -1.02. The highest BCUT2D eigenvalue weighted by Gasteiger charge is 2.21. The van der Waals surface area contributed by atoms with E-state index in [1.165, 1.54) is 11.1 Å². The van der Waals surface area contributed by atoms with Crippen LogP contribution in [0.15, 0.2) is 18.2 Å². The van der Waals surface area contributed by atoms with E-state index in [9.17, 15) is 0 Å². The molecule has 0 aromatic heterocycles. The van der Waals surface area contributed by atoms with Crippen molar-refractivity contribution in [2.24, 2.45) is 5.92 Å². The number of hydrogen-bond donors (Lipinski definition) is 2. The fraction of sp³-hybridized carbons (Fsp3) is 0.500. The van der Waals surface area contributed by atoms with E-state index in [1.54, 1.807) is 0 Å². The zero-order chi connectivity index (χ0) is 10.1. The van der Waals surface area contributed by atoms with Crippen LogP contribution in [-0.2, 0) is 6.42 Å². The molecule has 0 saturated heterocycles. The quantitative estimate of drug-likeness (QED) is 0.666. The van der Waals surface area contributed by atoms with Gasteiger partial charge in [-0.3, -0.25) is 0 Å². The van der Waals surface area contributed by atoms with Crippen molar-refractivity contribution in [2.75, 3.05) is 12.3 Å². The molecule has 0 amide bonds. The van der Waals surface area contributed by atoms with Crippen LogP contribution in [0.1, 0.15) is 31.0 Å². The molecule has 1 aliphatic rings. The average Bonchev–Trinajstić information content (AvgIpc) is 2.16. The second-order valence-electron chi connectivity index (χ2n) is 4.38. The second kappa shape index (κ2) is 3.62. The van der Waals surface area contributed by atoms with Crippen molar-refractivity contribution in [3.05, 3.63) is 29.3 Å². The first-order valence-corrected chi connectivity index (χ1v) is 5.30. The monoisotopic (exact) mass is 190 g/mol. The minimum atomic E-state index is 0.474. The Bertz CT molecular complexity index is 331. The molecule has 2 heteroatoms. The molecule has 1 aliphatic heterocycles. The lowest BCUT2D eigenvalue weighted by Gasteiger charge is -2.30. The number of hydrogen-bond acceptors (Lipinski definition) is 2. The van der Waals surface area contributed by atoms with Gasteiger partial charge in [-0.1, -0.05) is 19.9 Å². The Morgan fingerprint density at radius 1 is 1.43 bits per heavy atom. The summed E-state index contributed by atoms with van der Waals surface area (Å²) in [5.74, 6) is 0.621. The van der Waals surface area contributed by atoms with Crippen molar-refractivity contribution in [1.29, 1.82) is 0 Å². The molecule has 0 spiro atoms. The van der Waals surface area contributed by atoms with E-state index >= 15 is 0 Å². The van der Waals surface area contributed by atoms with Crippen LogP contribution in [0.5, 0.6) is 0 Å². The van der Waals surface area contributed by atoms with Crippen molar-refractivity contribution in [3.8, 4) is 0 Å². The maximum absolute atomic E-state index is 5.82. The molecular formula is C12H18N2. The lowest BCUT2D eigenvalue weighted by atomic mass is 9.88. The minimum Gasteiger partial charge on any atom is -0.399 e. The molecule has 1 aromatic carbocycles. The van der Waals surface area contributed by atoms with Crippen molar-refractivity contribution in [1.82, 2.24) is 5.32 Å². The summed E-state index contributed by atoms with van der Waals surface area (Å²) in [6, 6.07) is 6.76. The van der Waals surface area contributed by atoms with Crippen LogP contribution in [-0.4, -0.2) is 6.54 Å². The van der Waals surface area contributed by atoms with Gasteiger partial charge in [-0.15, -0.1) is 0 Å². The first kappa shape index (κ1) is 9.53. The number of nitrogens with one attached hydrogen (secondary N) is 1. The molecule has 1 atom stereocenters. The third-order valence-electron chi connectivity index (χ3n) is 2.93. The van der Waals surface area contributed by atoms with Crippen LogP contribution >= 0.6 is 0 Å². The first-order valence-electron chi connectivity index (χ1n) is 5.30. The van der Waals surface area contributed by atoms with Crippen LogP contribution in [0.25, 0.3) is 0 Å². The molecule has 1 unspecified atom stereocenters. The topological polar surface area (TPSA) is 38.0 Å². The summed E-state index contributed by atoms with van der Waals surface area (Å²) >= 11 is 0. The smallest absolute Gasteiger partial charge is 0.0347 e. The van der Waals surface area contributed by atoms with Crippen molar-refractivity contribution >= 4 is 5.69 Å². The van der Waals surface area contributed by atoms with Crippen LogP contribution in [0.2, 0.25) is 0 Å². The van der Waals surface area contributed by atoms with Crippen molar-refractivity contribution in [3.63, 3.8) is 0 Å². The SMILES string of the molecule is CC(C)C1NCCc2ccc(N)cc21. The summed E-state index contributed by atoms with van der Waals surface area (Å²) in [5, 5.41) is 3.55. The summed E-state index contributed by atoms with van der Waals surface area (Å²) in [4.78, 5) is 0. The summed E-state index contributed by atoms with van der Waals surface area (Å²) in [7, 11) is 0. The maximum Gasteiger partial charge on any atom is 0.0347 e. The van der Waals surface area contributed by atoms with Gasteiger partial charge < -0.3 is 11.1 Å². The second-order valence-corrected chi connectivity index (χ2v) is 4.38. The lowest BCUT2D eigenvalue weighted by Crippen LogP contribution is -2.33. The highest BCUT2D eigenvalue weighted by molar-refractivity contribution is 5.47. The summed E-state index contributed by atoms with van der Waals surface area (Å²) in [5.41, 5.74) is 9.54. The average molecular weight is 190 g/mol. The van der Waals surface area contributed by atoms with E-state index in [0.717, 1.165) is 18.7 Å². The van der Waals surface area contributed by atoms with Gasteiger partial charge in [0.05, 0.1) is 0 Å². The summed E-state index contributed by atoms with van der Waals surface area (Å²) in [6.45, 7) is 5.58. The highest BCUT2D eigenvalue weighted by Crippen LogP contribution is 2.29. The normalized spacial score (nSPS) is 20.9. The van der Waals surface area contributed by atoms with Crippen molar-refractivity contribution < 1.29 is 0 Å². The lowest BCUT2D eigenvalue weighted by molar-refractivity contribution is 0.395. The van der Waals surface area contributed by atoms with E-state index in [0.29, 0.717) is 12.0 Å². The summed E-state index contributed by atoms with van der Waals surface area (Å²) in [6.07, 6.45) is 1.12. The number of fused-ring (bicyclic) bond motifs is 1. The number of nitrogens with two attached hydrogens (primary N) is 1. The molecular weight excluding hydrogens is 172 g/mol. The van der Waals surface area contributed by atoms with Gasteiger partial charge in [0, 0.05) is 11.7 Å². The zero-order valence-electron chi connectivity index (χ0n) is 8.88. The van der Waals surface area contributed by atoms with E-state index in [-0.39, 0.29) is 0 Å². The Labute approximate surface area is 85.5 Å². The van der Waals surface area contributed by atoms with Gasteiger partial charge in [-0.05, 0) is 42.1 Å². The molecule has 0 radical (unpaired) electrons. The molecule has 0 saturated carbocycles. The van der Waals surface area contributed by atoms with E-state index in [2.05, 4.69) is 31.3 Å². The highest BCUT2D eigenvalue weighted by atomic mass is 14.9. The summed E-state index contributed by atoms with van der Waals surface area (Å²) < 4.78 is 0. The predicted molar refractivity (Wildman–Crippen MR) is 60.1 cm³/mol. The Morgan fingerprint density at radius 2 is 2.21 bits per heavy atom. The molecule has 0 bridgehead atoms. The van der Waals surface area contributed by atoms with E-state index < -0.39 is 0 Å². The third-order valence-corrected chi connectivity index (χ3v) is 2.93. The molecule has 2 rings (SSSR count). The minimum absolute atomic E-state index is 0.474. The fourth-order valence-corrected chi connectivity index (χ4v) is 2.20. The molecule has 1 aromatic rings. The maximum atomic E-state index is 5.82. The molecule has 76 valence electrons. The Balaban J connectivity index is 2.41. The molecule has 2 nitrogen and oxygen atoms in total. The van der Waals surface area contributed by atoms with Gasteiger partial charge in [0.1, 0.15) is 0 Å². The fourth-order valence-electron chi connectivity index (χ4n) is 2.20. The molecule has 3 N–H and O–H groups in total. The number of rotatable bonds is 1. The van der Waals surface area contributed by atoms with Crippen LogP contribution in [0, 0.1) is 5.92 Å². The van der Waals surface area contributed by atoms with Gasteiger partial charge in [0.25, 0.3) is 0 Å². The molecule has 0 aliphatic carbocycles. The van der Waals surface area contributed by atoms with Crippen LogP contribution < -0.4 is 11.1 Å². The Kier molecular flexibility index (Phi) is 2.46. The van der Waals surface area contributed by atoms with Gasteiger partial charge in [-0.2, -0.15) is 0 Å². The Morgan fingerprint density at radius 3 is 2.93 bits per heavy atom. The molecule has 1 heterocycles. The van der Waals surface area contributed by atoms with Gasteiger partial charge >= 0.3 is 0 Å². The van der Waals surface area contributed by atoms with E-state index in [1.807, 2.05) is 6.07 Å². The zero-order valence-corrected chi connectivity index (χ0v) is 8.88. The van der Waals surface area contributed by atoms with Crippen LogP contribution in [0.4, 0.5) is 5.69 Å². The third kappa shape index (κ3) is 1.62. The molecule has 0 fully saturated rings. The van der Waals surface area contributed by atoms with Gasteiger partial charge in [0.2, 0.25) is 0 Å². The van der Waals surface area contributed by atoms with E-state index in [4.69, 9.17) is 5.73 Å². The standard InChI is InChI=1S/C12H18N2/c1-8(2)12-11-7-10(13)4-3-9(11)5-6-14-12/h3-4,7-8,12,14H,5-6,13H2,1-2H3. The van der Waals surface area contributed by atoms with Crippen molar-refractivity contribution in [2.45, 2.75) is 26.3 Å². The van der Waals surface area contributed by atoms with Gasteiger partial charge in [0.15, 0.2) is 0 Å². The van der Waals surface area contributed by atoms with Gasteiger partial charge in [-0.25, -0.2) is 0 Å². The number of nitrogen functional groups attached to an aromatic ring is 1. The molecule has 14 heavy (non-hydrogen) atoms. The predicted octanol–water partition coefficient (Wildman–Crippen LogP) is 2.11. The largest absolute Gasteiger partial charge is 0.399 e. The number of anilines is 1. The number of benzene rings is 1. The van der Waals surface area contributed by atoms with Crippen LogP contribution in [0.3, 0.4) is 0 Å². The first-order chi connectivity index (χ1) is 6.68.